The maximum Gasteiger partial charge on any atom is 0.324 e. The van der Waals surface area contributed by atoms with Crippen LogP contribution in [0, 0.1) is 5.92 Å². The van der Waals surface area contributed by atoms with Gasteiger partial charge in [0.05, 0.1) is 20.3 Å². The standard InChI is InChI=1S/C11H18N4O3/c1-7-4-5-15(6-8(7)16)9-12-10(17-2)14-11(13-9)18-3/h7-8,16H,4-6H2,1-3H3. The number of hydrogen-bond acceptors (Lipinski definition) is 7. The van der Waals surface area contributed by atoms with Crippen molar-refractivity contribution in [2.45, 2.75) is 19.4 Å². The molecule has 0 saturated carbocycles. The molecule has 1 aliphatic heterocycles. The highest BCUT2D eigenvalue weighted by molar-refractivity contribution is 5.33. The van der Waals surface area contributed by atoms with Crippen molar-refractivity contribution in [1.29, 1.82) is 0 Å². The van der Waals surface area contributed by atoms with Crippen molar-refractivity contribution in [2.24, 2.45) is 5.92 Å². The van der Waals surface area contributed by atoms with Gasteiger partial charge in [0.15, 0.2) is 0 Å². The van der Waals surface area contributed by atoms with Gasteiger partial charge in [0.1, 0.15) is 0 Å². The number of methoxy groups -OCH3 is 2. The molecule has 0 aliphatic carbocycles. The summed E-state index contributed by atoms with van der Waals surface area (Å²) in [7, 11) is 2.98. The predicted molar refractivity (Wildman–Crippen MR) is 64.9 cm³/mol. The zero-order valence-corrected chi connectivity index (χ0v) is 10.8. The fourth-order valence-electron chi connectivity index (χ4n) is 1.88. The van der Waals surface area contributed by atoms with Crippen molar-refractivity contribution >= 4 is 5.95 Å². The van der Waals surface area contributed by atoms with E-state index in [1.807, 2.05) is 11.8 Å². The molecule has 18 heavy (non-hydrogen) atoms. The van der Waals surface area contributed by atoms with Gasteiger partial charge in [-0.15, -0.1) is 4.98 Å². The summed E-state index contributed by atoms with van der Waals surface area (Å²) in [5.74, 6) is 0.775. The van der Waals surface area contributed by atoms with Gasteiger partial charge < -0.3 is 19.5 Å². The lowest BCUT2D eigenvalue weighted by atomic mass is 9.96. The second kappa shape index (κ2) is 5.34. The van der Waals surface area contributed by atoms with E-state index in [2.05, 4.69) is 15.0 Å². The SMILES string of the molecule is COc1nc(OC)nc(N2CCC(C)C(O)C2)n1. The lowest BCUT2D eigenvalue weighted by Gasteiger charge is -2.34. The van der Waals surface area contributed by atoms with Gasteiger partial charge in [0.2, 0.25) is 5.95 Å². The fourth-order valence-corrected chi connectivity index (χ4v) is 1.88. The van der Waals surface area contributed by atoms with Gasteiger partial charge in [-0.05, 0) is 12.3 Å². The monoisotopic (exact) mass is 254 g/mol. The van der Waals surface area contributed by atoms with Gasteiger partial charge in [-0.2, -0.15) is 9.97 Å². The second-order valence-electron chi connectivity index (χ2n) is 4.39. The first kappa shape index (κ1) is 12.8. The number of β-amino-alcohol motifs (C(OH)–C–C–N with tert-alkyl or cyclic N) is 1. The molecule has 1 fully saturated rings. The molecule has 0 amide bonds. The first-order valence-electron chi connectivity index (χ1n) is 5.91. The predicted octanol–water partition coefficient (Wildman–Crippen LogP) is 0.0959. The average Bonchev–Trinajstić information content (AvgIpc) is 2.41. The Bertz CT molecular complexity index is 393. The van der Waals surface area contributed by atoms with Crippen molar-refractivity contribution in [3.05, 3.63) is 0 Å². The largest absolute Gasteiger partial charge is 0.467 e. The van der Waals surface area contributed by atoms with Gasteiger partial charge in [-0.1, -0.05) is 6.92 Å². The van der Waals surface area contributed by atoms with Crippen LogP contribution in [0.15, 0.2) is 0 Å². The molecule has 0 aromatic carbocycles. The van der Waals surface area contributed by atoms with Crippen LogP contribution in [0.25, 0.3) is 0 Å². The lowest BCUT2D eigenvalue weighted by molar-refractivity contribution is 0.102. The van der Waals surface area contributed by atoms with Gasteiger partial charge in [0, 0.05) is 13.1 Å². The molecule has 0 bridgehead atoms. The molecule has 1 aliphatic rings. The maximum atomic E-state index is 9.89. The van der Waals surface area contributed by atoms with Crippen LogP contribution in [0.1, 0.15) is 13.3 Å². The summed E-state index contributed by atoms with van der Waals surface area (Å²) >= 11 is 0. The van der Waals surface area contributed by atoms with Crippen LogP contribution in [-0.2, 0) is 0 Å². The Kier molecular flexibility index (Phi) is 3.81. The van der Waals surface area contributed by atoms with Crippen molar-refractivity contribution < 1.29 is 14.6 Å². The van der Waals surface area contributed by atoms with Gasteiger partial charge >= 0.3 is 12.0 Å². The molecule has 2 atom stereocenters. The summed E-state index contributed by atoms with van der Waals surface area (Å²) in [6, 6.07) is 0.426. The average molecular weight is 254 g/mol. The number of ether oxygens (including phenoxy) is 2. The molecule has 2 unspecified atom stereocenters. The molecule has 2 rings (SSSR count). The summed E-state index contributed by atoms with van der Waals surface area (Å²) in [6.45, 7) is 3.35. The Morgan fingerprint density at radius 1 is 1.17 bits per heavy atom. The zero-order chi connectivity index (χ0) is 13.1. The number of aliphatic hydroxyl groups excluding tert-OH is 1. The van der Waals surface area contributed by atoms with Gasteiger partial charge in [0.25, 0.3) is 0 Å². The summed E-state index contributed by atoms with van der Waals surface area (Å²) in [5.41, 5.74) is 0. The maximum absolute atomic E-state index is 9.89. The normalized spacial score (nSPS) is 23.9. The van der Waals surface area contributed by atoms with E-state index >= 15 is 0 Å². The van der Waals surface area contributed by atoms with E-state index in [0.717, 1.165) is 13.0 Å². The number of aliphatic hydroxyl groups is 1. The van der Waals surface area contributed by atoms with Gasteiger partial charge in [-0.25, -0.2) is 0 Å². The summed E-state index contributed by atoms with van der Waals surface area (Å²) in [5, 5.41) is 9.89. The molecular weight excluding hydrogens is 236 g/mol. The van der Waals surface area contributed by atoms with Crippen LogP contribution in [0.5, 0.6) is 12.0 Å². The third kappa shape index (κ3) is 2.61. The van der Waals surface area contributed by atoms with Gasteiger partial charge in [-0.3, -0.25) is 0 Å². The van der Waals surface area contributed by atoms with Crippen LogP contribution >= 0.6 is 0 Å². The minimum absolute atomic E-state index is 0.213. The number of aromatic nitrogens is 3. The molecule has 2 heterocycles. The Labute approximate surface area is 106 Å². The first-order valence-corrected chi connectivity index (χ1v) is 5.91. The third-order valence-electron chi connectivity index (χ3n) is 3.15. The summed E-state index contributed by atoms with van der Waals surface area (Å²) in [4.78, 5) is 14.2. The summed E-state index contributed by atoms with van der Waals surface area (Å²) in [6.07, 6.45) is 0.532. The molecule has 7 heteroatoms. The van der Waals surface area contributed by atoms with Crippen LogP contribution in [0.4, 0.5) is 5.95 Å². The summed E-state index contributed by atoms with van der Waals surface area (Å²) < 4.78 is 10.0. The first-order chi connectivity index (χ1) is 8.63. The fraction of sp³-hybridized carbons (Fsp3) is 0.727. The Morgan fingerprint density at radius 3 is 2.28 bits per heavy atom. The van der Waals surface area contributed by atoms with Crippen LogP contribution in [-0.4, -0.2) is 53.5 Å². The Morgan fingerprint density at radius 2 is 1.78 bits per heavy atom. The van der Waals surface area contributed by atoms with Crippen molar-refractivity contribution in [3.63, 3.8) is 0 Å². The highest BCUT2D eigenvalue weighted by Crippen LogP contribution is 2.22. The Hall–Kier alpha value is -1.63. The topological polar surface area (TPSA) is 80.6 Å². The molecule has 1 N–H and O–H groups in total. The number of anilines is 1. The second-order valence-corrected chi connectivity index (χ2v) is 4.39. The molecule has 100 valence electrons. The van der Waals surface area contributed by atoms with Crippen LogP contribution in [0.3, 0.4) is 0 Å². The van der Waals surface area contributed by atoms with E-state index < -0.39 is 0 Å². The quantitative estimate of drug-likeness (QED) is 0.819. The minimum atomic E-state index is -0.368. The van der Waals surface area contributed by atoms with Crippen LogP contribution < -0.4 is 14.4 Å². The van der Waals surface area contributed by atoms with E-state index in [9.17, 15) is 5.11 Å². The molecule has 1 aromatic rings. The number of rotatable bonds is 3. The van der Waals surface area contributed by atoms with E-state index in [1.54, 1.807) is 0 Å². The highest BCUT2D eigenvalue weighted by atomic mass is 16.5. The molecule has 1 saturated heterocycles. The minimum Gasteiger partial charge on any atom is -0.467 e. The van der Waals surface area contributed by atoms with Crippen molar-refractivity contribution in [2.75, 3.05) is 32.2 Å². The number of piperidine rings is 1. The molecule has 0 radical (unpaired) electrons. The van der Waals surface area contributed by atoms with E-state index in [-0.39, 0.29) is 18.1 Å². The zero-order valence-electron chi connectivity index (χ0n) is 10.8. The molecular formula is C11H18N4O3. The molecule has 7 nitrogen and oxygen atoms in total. The number of hydrogen-bond donors (Lipinski definition) is 1. The highest BCUT2D eigenvalue weighted by Gasteiger charge is 2.26. The third-order valence-corrected chi connectivity index (χ3v) is 3.15. The Balaban J connectivity index is 2.22. The van der Waals surface area contributed by atoms with E-state index in [4.69, 9.17) is 9.47 Å². The smallest absolute Gasteiger partial charge is 0.324 e. The number of nitrogens with zero attached hydrogens (tertiary/aromatic N) is 4. The lowest BCUT2D eigenvalue weighted by Crippen LogP contribution is -2.43. The van der Waals surface area contributed by atoms with Crippen molar-refractivity contribution in [1.82, 2.24) is 15.0 Å². The molecule has 1 aromatic heterocycles. The van der Waals surface area contributed by atoms with Crippen molar-refractivity contribution in [3.8, 4) is 12.0 Å². The molecule has 0 spiro atoms. The van der Waals surface area contributed by atoms with Crippen LogP contribution in [0.2, 0.25) is 0 Å². The van der Waals surface area contributed by atoms with E-state index in [0.29, 0.717) is 18.4 Å². The van der Waals surface area contributed by atoms with E-state index in [1.165, 1.54) is 14.2 Å².